The zero-order valence-electron chi connectivity index (χ0n) is 12.5. The molecule has 0 amide bonds. The molecule has 1 N–H and O–H groups in total. The Hall–Kier alpha value is -1.94. The molecule has 0 bridgehead atoms. The predicted octanol–water partition coefficient (Wildman–Crippen LogP) is 3.34. The minimum atomic E-state index is -0.241. The average Bonchev–Trinajstić information content (AvgIpc) is 2.48. The first-order valence-electron chi connectivity index (χ1n) is 7.18. The van der Waals surface area contributed by atoms with Crippen molar-refractivity contribution in [1.82, 2.24) is 10.3 Å². The van der Waals surface area contributed by atoms with Gasteiger partial charge in [-0.2, -0.15) is 0 Å². The molecule has 0 aliphatic heterocycles. The van der Waals surface area contributed by atoms with Crippen LogP contribution in [0.25, 0.3) is 0 Å². The van der Waals surface area contributed by atoms with Crippen LogP contribution in [-0.2, 0) is 13.0 Å². The van der Waals surface area contributed by atoms with Crippen molar-refractivity contribution in [3.8, 4) is 5.75 Å². The van der Waals surface area contributed by atoms with Gasteiger partial charge in [0.15, 0.2) is 0 Å². The van der Waals surface area contributed by atoms with E-state index in [1.807, 2.05) is 18.3 Å². The van der Waals surface area contributed by atoms with Crippen molar-refractivity contribution in [3.05, 3.63) is 59.7 Å². The molecule has 21 heavy (non-hydrogen) atoms. The van der Waals surface area contributed by atoms with Crippen LogP contribution in [0.4, 0.5) is 4.39 Å². The lowest BCUT2D eigenvalue weighted by Gasteiger charge is -2.14. The van der Waals surface area contributed by atoms with Gasteiger partial charge in [0.05, 0.1) is 6.61 Å². The summed E-state index contributed by atoms with van der Waals surface area (Å²) in [5.74, 6) is 0.489. The molecule has 3 nitrogen and oxygen atoms in total. The number of benzene rings is 1. The van der Waals surface area contributed by atoms with Crippen LogP contribution in [0.5, 0.6) is 5.75 Å². The molecule has 0 aliphatic rings. The lowest BCUT2D eigenvalue weighted by atomic mass is 10.2. The van der Waals surface area contributed by atoms with Gasteiger partial charge in [0, 0.05) is 37.0 Å². The number of hydrogen-bond donors (Lipinski definition) is 1. The largest absolute Gasteiger partial charge is 0.493 e. The van der Waals surface area contributed by atoms with E-state index in [1.54, 1.807) is 12.3 Å². The third kappa shape index (κ3) is 5.16. The van der Waals surface area contributed by atoms with E-state index >= 15 is 0 Å². The fourth-order valence-corrected chi connectivity index (χ4v) is 1.97. The monoisotopic (exact) mass is 288 g/mol. The van der Waals surface area contributed by atoms with Gasteiger partial charge in [-0.15, -0.1) is 0 Å². The quantitative estimate of drug-likeness (QED) is 0.848. The summed E-state index contributed by atoms with van der Waals surface area (Å²) in [4.78, 5) is 4.07. The maximum atomic E-state index is 13.4. The van der Waals surface area contributed by atoms with E-state index in [0.29, 0.717) is 19.2 Å². The maximum Gasteiger partial charge on any atom is 0.123 e. The van der Waals surface area contributed by atoms with E-state index in [-0.39, 0.29) is 5.82 Å². The summed E-state index contributed by atoms with van der Waals surface area (Å²) in [5.41, 5.74) is 1.97. The van der Waals surface area contributed by atoms with Crippen molar-refractivity contribution in [2.45, 2.75) is 32.9 Å². The highest BCUT2D eigenvalue weighted by Crippen LogP contribution is 2.20. The Bertz CT molecular complexity index is 558. The fraction of sp³-hybridized carbons (Fsp3) is 0.353. The van der Waals surface area contributed by atoms with Gasteiger partial charge >= 0.3 is 0 Å². The van der Waals surface area contributed by atoms with Crippen LogP contribution in [0.2, 0.25) is 0 Å². The lowest BCUT2D eigenvalue weighted by Crippen LogP contribution is -2.22. The zero-order chi connectivity index (χ0) is 15.1. The van der Waals surface area contributed by atoms with E-state index in [4.69, 9.17) is 4.74 Å². The number of nitrogens with one attached hydrogen (secondary N) is 1. The Morgan fingerprint density at radius 1 is 1.29 bits per heavy atom. The molecule has 1 heterocycles. The molecule has 0 unspecified atom stereocenters. The summed E-state index contributed by atoms with van der Waals surface area (Å²) in [6.45, 7) is 5.26. The van der Waals surface area contributed by atoms with Crippen molar-refractivity contribution in [1.29, 1.82) is 0 Å². The van der Waals surface area contributed by atoms with Crippen molar-refractivity contribution in [2.24, 2.45) is 0 Å². The first-order chi connectivity index (χ1) is 10.1. The lowest BCUT2D eigenvalue weighted by molar-refractivity contribution is 0.316. The molecular formula is C17H21FN2O. The Labute approximate surface area is 125 Å². The van der Waals surface area contributed by atoms with E-state index in [2.05, 4.69) is 24.1 Å². The van der Waals surface area contributed by atoms with E-state index < -0.39 is 0 Å². The average molecular weight is 288 g/mol. The molecule has 112 valence electrons. The van der Waals surface area contributed by atoms with Crippen LogP contribution >= 0.6 is 0 Å². The van der Waals surface area contributed by atoms with Crippen molar-refractivity contribution >= 4 is 0 Å². The normalized spacial score (nSPS) is 10.9. The van der Waals surface area contributed by atoms with Gasteiger partial charge < -0.3 is 10.1 Å². The van der Waals surface area contributed by atoms with Gasteiger partial charge in [-0.05, 0) is 29.8 Å². The van der Waals surface area contributed by atoms with Gasteiger partial charge in [-0.1, -0.05) is 19.9 Å². The molecule has 2 aromatic rings. The minimum absolute atomic E-state index is 0.241. The van der Waals surface area contributed by atoms with Crippen LogP contribution in [0.1, 0.15) is 25.0 Å². The molecule has 0 saturated carbocycles. The summed E-state index contributed by atoms with van der Waals surface area (Å²) in [6.07, 6.45) is 4.36. The Kier molecular flexibility index (Phi) is 5.69. The number of rotatable bonds is 7. The van der Waals surface area contributed by atoms with Crippen LogP contribution in [-0.4, -0.2) is 17.6 Å². The summed E-state index contributed by atoms with van der Waals surface area (Å²) in [6, 6.07) is 8.91. The standard InChI is InChI=1S/C17H21FN2O/c1-13(2)20-12-15-10-16(18)5-6-17(15)21-9-7-14-4-3-8-19-11-14/h3-6,8,10-11,13,20H,7,9,12H2,1-2H3. The van der Waals surface area contributed by atoms with Crippen LogP contribution < -0.4 is 10.1 Å². The summed E-state index contributed by atoms with van der Waals surface area (Å²) < 4.78 is 19.2. The Morgan fingerprint density at radius 3 is 2.86 bits per heavy atom. The van der Waals surface area contributed by atoms with E-state index in [0.717, 1.165) is 23.3 Å². The fourth-order valence-electron chi connectivity index (χ4n) is 1.97. The van der Waals surface area contributed by atoms with Gasteiger partial charge in [0.1, 0.15) is 11.6 Å². The number of aromatic nitrogens is 1. The molecule has 4 heteroatoms. The molecule has 2 rings (SSSR count). The summed E-state index contributed by atoms with van der Waals surface area (Å²) >= 11 is 0. The smallest absolute Gasteiger partial charge is 0.123 e. The second-order valence-corrected chi connectivity index (χ2v) is 5.25. The maximum absolute atomic E-state index is 13.4. The van der Waals surface area contributed by atoms with Gasteiger partial charge in [-0.3, -0.25) is 4.98 Å². The minimum Gasteiger partial charge on any atom is -0.493 e. The number of halogens is 1. The Balaban J connectivity index is 1.95. The first kappa shape index (κ1) is 15.4. The SMILES string of the molecule is CC(C)NCc1cc(F)ccc1OCCc1cccnc1. The molecule has 1 aromatic carbocycles. The van der Waals surface area contributed by atoms with Crippen molar-refractivity contribution in [2.75, 3.05) is 6.61 Å². The molecule has 0 radical (unpaired) electrons. The molecule has 0 atom stereocenters. The number of ether oxygens (including phenoxy) is 1. The highest BCUT2D eigenvalue weighted by molar-refractivity contribution is 5.34. The molecule has 0 fully saturated rings. The van der Waals surface area contributed by atoms with Crippen LogP contribution in [0, 0.1) is 5.82 Å². The second-order valence-electron chi connectivity index (χ2n) is 5.25. The number of pyridine rings is 1. The Morgan fingerprint density at radius 2 is 2.14 bits per heavy atom. The third-order valence-electron chi connectivity index (χ3n) is 3.09. The van der Waals surface area contributed by atoms with Gasteiger partial charge in [-0.25, -0.2) is 4.39 Å². The highest BCUT2D eigenvalue weighted by atomic mass is 19.1. The first-order valence-corrected chi connectivity index (χ1v) is 7.18. The number of hydrogen-bond acceptors (Lipinski definition) is 3. The number of nitrogens with zero attached hydrogens (tertiary/aromatic N) is 1. The molecule has 0 aliphatic carbocycles. The van der Waals surface area contributed by atoms with Gasteiger partial charge in [0.25, 0.3) is 0 Å². The zero-order valence-corrected chi connectivity index (χ0v) is 12.5. The third-order valence-corrected chi connectivity index (χ3v) is 3.09. The molecule has 0 spiro atoms. The van der Waals surface area contributed by atoms with Crippen molar-refractivity contribution in [3.63, 3.8) is 0 Å². The van der Waals surface area contributed by atoms with E-state index in [9.17, 15) is 4.39 Å². The summed E-state index contributed by atoms with van der Waals surface area (Å²) in [7, 11) is 0. The van der Waals surface area contributed by atoms with E-state index in [1.165, 1.54) is 12.1 Å². The topological polar surface area (TPSA) is 34.1 Å². The van der Waals surface area contributed by atoms with Crippen molar-refractivity contribution < 1.29 is 9.13 Å². The highest BCUT2D eigenvalue weighted by Gasteiger charge is 2.06. The molecular weight excluding hydrogens is 267 g/mol. The second kappa shape index (κ2) is 7.74. The van der Waals surface area contributed by atoms with Crippen LogP contribution in [0.3, 0.4) is 0 Å². The summed E-state index contributed by atoms with van der Waals surface area (Å²) in [5, 5.41) is 3.28. The molecule has 1 aromatic heterocycles. The van der Waals surface area contributed by atoms with Crippen LogP contribution in [0.15, 0.2) is 42.7 Å². The van der Waals surface area contributed by atoms with Gasteiger partial charge in [0.2, 0.25) is 0 Å². The predicted molar refractivity (Wildman–Crippen MR) is 81.8 cm³/mol. The molecule has 0 saturated heterocycles.